The maximum atomic E-state index is 11.4. The lowest BCUT2D eigenvalue weighted by molar-refractivity contribution is 0.427. The number of phenols is 2. The Bertz CT molecular complexity index is 556. The van der Waals surface area contributed by atoms with Crippen molar-refractivity contribution < 1.29 is 18.6 Å². The van der Waals surface area contributed by atoms with Crippen molar-refractivity contribution in [2.45, 2.75) is 19.4 Å². The van der Waals surface area contributed by atoms with Crippen LogP contribution < -0.4 is 5.32 Å². The lowest BCUT2D eigenvalue weighted by atomic mass is 10.0. The first-order valence-corrected chi connectivity index (χ1v) is 8.15. The van der Waals surface area contributed by atoms with Crippen LogP contribution in [-0.4, -0.2) is 36.7 Å². The Morgan fingerprint density at radius 1 is 1.42 bits per heavy atom. The van der Waals surface area contributed by atoms with E-state index < -0.39 is 9.84 Å². The molecule has 1 aromatic rings. The number of hydrogen-bond donors (Lipinski definition) is 3. The molecule has 0 radical (unpaired) electrons. The first-order valence-electron chi connectivity index (χ1n) is 6.33. The third kappa shape index (κ3) is 3.61. The molecular formula is C13H19NO4S. The molecule has 0 spiro atoms. The van der Waals surface area contributed by atoms with Gasteiger partial charge in [0.05, 0.1) is 11.5 Å². The average molecular weight is 285 g/mol. The standard InChI is InChI=1S/C13H19NO4S/c1-9(12-3-2-11(15)6-13(12)16)14-7-10-4-5-19(17,18)8-10/h2-3,6,9-10,14-16H,4-5,7-8H2,1H3. The van der Waals surface area contributed by atoms with Gasteiger partial charge >= 0.3 is 0 Å². The predicted octanol–water partition coefficient (Wildman–Crippen LogP) is 1.18. The normalized spacial score (nSPS) is 23.3. The van der Waals surface area contributed by atoms with Crippen molar-refractivity contribution in [3.8, 4) is 11.5 Å². The summed E-state index contributed by atoms with van der Waals surface area (Å²) in [5, 5.41) is 22.2. The predicted molar refractivity (Wildman–Crippen MR) is 73.0 cm³/mol. The lowest BCUT2D eigenvalue weighted by Gasteiger charge is -2.18. The van der Waals surface area contributed by atoms with Gasteiger partial charge in [-0.1, -0.05) is 6.07 Å². The van der Waals surface area contributed by atoms with Gasteiger partial charge in [0.25, 0.3) is 0 Å². The first kappa shape index (κ1) is 14.1. The van der Waals surface area contributed by atoms with Gasteiger partial charge in [0, 0.05) is 17.7 Å². The van der Waals surface area contributed by atoms with Crippen LogP contribution in [-0.2, 0) is 9.84 Å². The summed E-state index contributed by atoms with van der Waals surface area (Å²) >= 11 is 0. The maximum Gasteiger partial charge on any atom is 0.150 e. The number of phenolic OH excluding ortho intramolecular Hbond substituents is 2. The van der Waals surface area contributed by atoms with Gasteiger partial charge in [-0.15, -0.1) is 0 Å². The number of aromatic hydroxyl groups is 2. The van der Waals surface area contributed by atoms with Gasteiger partial charge in [-0.05, 0) is 31.9 Å². The second kappa shape index (κ2) is 5.38. The van der Waals surface area contributed by atoms with E-state index in [0.29, 0.717) is 18.5 Å². The van der Waals surface area contributed by atoms with Crippen molar-refractivity contribution in [1.29, 1.82) is 0 Å². The van der Waals surface area contributed by atoms with E-state index in [9.17, 15) is 18.6 Å². The summed E-state index contributed by atoms with van der Waals surface area (Å²) in [4.78, 5) is 0. The van der Waals surface area contributed by atoms with Crippen molar-refractivity contribution in [2.24, 2.45) is 5.92 Å². The van der Waals surface area contributed by atoms with E-state index in [0.717, 1.165) is 0 Å². The summed E-state index contributed by atoms with van der Waals surface area (Å²) in [6.07, 6.45) is 0.698. The third-order valence-corrected chi connectivity index (χ3v) is 5.36. The zero-order valence-corrected chi connectivity index (χ0v) is 11.7. The number of rotatable bonds is 4. The van der Waals surface area contributed by atoms with E-state index in [4.69, 9.17) is 0 Å². The van der Waals surface area contributed by atoms with Crippen LogP contribution in [0.5, 0.6) is 11.5 Å². The zero-order chi connectivity index (χ0) is 14.0. The summed E-state index contributed by atoms with van der Waals surface area (Å²) in [6.45, 7) is 2.51. The molecule has 3 N–H and O–H groups in total. The highest BCUT2D eigenvalue weighted by Gasteiger charge is 2.27. The van der Waals surface area contributed by atoms with Crippen molar-refractivity contribution in [3.63, 3.8) is 0 Å². The van der Waals surface area contributed by atoms with Crippen LogP contribution in [0, 0.1) is 5.92 Å². The van der Waals surface area contributed by atoms with E-state index in [-0.39, 0.29) is 35.0 Å². The molecule has 0 saturated carbocycles. The smallest absolute Gasteiger partial charge is 0.150 e. The summed E-state index contributed by atoms with van der Waals surface area (Å²) in [6, 6.07) is 4.39. The Balaban J connectivity index is 1.93. The Morgan fingerprint density at radius 2 is 2.16 bits per heavy atom. The highest BCUT2D eigenvalue weighted by atomic mass is 32.2. The van der Waals surface area contributed by atoms with Crippen molar-refractivity contribution >= 4 is 9.84 Å². The number of hydrogen-bond acceptors (Lipinski definition) is 5. The molecule has 1 fully saturated rings. The van der Waals surface area contributed by atoms with Crippen molar-refractivity contribution in [3.05, 3.63) is 23.8 Å². The highest BCUT2D eigenvalue weighted by Crippen LogP contribution is 2.28. The van der Waals surface area contributed by atoms with Gasteiger partial charge in [0.2, 0.25) is 0 Å². The van der Waals surface area contributed by atoms with Gasteiger partial charge in [0.1, 0.15) is 11.5 Å². The Kier molecular flexibility index (Phi) is 4.01. The molecule has 0 amide bonds. The molecule has 1 aromatic carbocycles. The molecular weight excluding hydrogens is 266 g/mol. The number of nitrogens with one attached hydrogen (secondary N) is 1. The van der Waals surface area contributed by atoms with Gasteiger partial charge in [-0.3, -0.25) is 0 Å². The fourth-order valence-corrected chi connectivity index (χ4v) is 4.25. The molecule has 1 heterocycles. The van der Waals surface area contributed by atoms with Crippen LogP contribution in [0.25, 0.3) is 0 Å². The highest BCUT2D eigenvalue weighted by molar-refractivity contribution is 7.91. The molecule has 2 rings (SSSR count). The van der Waals surface area contributed by atoms with Crippen molar-refractivity contribution in [1.82, 2.24) is 5.32 Å². The van der Waals surface area contributed by atoms with Crippen LogP contribution in [0.4, 0.5) is 0 Å². The Morgan fingerprint density at radius 3 is 2.74 bits per heavy atom. The minimum Gasteiger partial charge on any atom is -0.508 e. The van der Waals surface area contributed by atoms with Gasteiger partial charge in [-0.2, -0.15) is 0 Å². The molecule has 0 aromatic heterocycles. The van der Waals surface area contributed by atoms with E-state index in [2.05, 4.69) is 5.32 Å². The SMILES string of the molecule is CC(NCC1CCS(=O)(=O)C1)c1ccc(O)cc1O. The summed E-state index contributed by atoms with van der Waals surface area (Å²) in [7, 11) is -2.84. The summed E-state index contributed by atoms with van der Waals surface area (Å²) in [5.41, 5.74) is 0.693. The van der Waals surface area contributed by atoms with E-state index in [1.165, 1.54) is 12.1 Å². The fraction of sp³-hybridized carbons (Fsp3) is 0.538. The van der Waals surface area contributed by atoms with Crippen LogP contribution in [0.15, 0.2) is 18.2 Å². The van der Waals surface area contributed by atoms with Gasteiger partial charge in [-0.25, -0.2) is 8.42 Å². The van der Waals surface area contributed by atoms with E-state index in [1.54, 1.807) is 6.07 Å². The van der Waals surface area contributed by atoms with Crippen molar-refractivity contribution in [2.75, 3.05) is 18.1 Å². The largest absolute Gasteiger partial charge is 0.508 e. The zero-order valence-electron chi connectivity index (χ0n) is 10.8. The summed E-state index contributed by atoms with van der Waals surface area (Å²) < 4.78 is 22.7. The van der Waals surface area contributed by atoms with E-state index in [1.807, 2.05) is 6.92 Å². The fourth-order valence-electron chi connectivity index (χ4n) is 2.38. The monoisotopic (exact) mass is 285 g/mol. The number of sulfone groups is 1. The molecule has 0 bridgehead atoms. The Hall–Kier alpha value is -1.27. The quantitative estimate of drug-likeness (QED) is 0.773. The van der Waals surface area contributed by atoms with Crippen LogP contribution >= 0.6 is 0 Å². The molecule has 5 nitrogen and oxygen atoms in total. The molecule has 1 aliphatic heterocycles. The van der Waals surface area contributed by atoms with E-state index >= 15 is 0 Å². The molecule has 1 aliphatic rings. The first-order chi connectivity index (χ1) is 8.87. The molecule has 1 saturated heterocycles. The summed E-state index contributed by atoms with van der Waals surface area (Å²) in [5.74, 6) is 0.730. The minimum absolute atomic E-state index is 0.0235. The molecule has 2 atom stereocenters. The lowest BCUT2D eigenvalue weighted by Crippen LogP contribution is -2.26. The molecule has 2 unspecified atom stereocenters. The molecule has 106 valence electrons. The Labute approximate surface area is 113 Å². The van der Waals surface area contributed by atoms with Crippen LogP contribution in [0.1, 0.15) is 24.9 Å². The average Bonchev–Trinajstić information content (AvgIpc) is 2.66. The number of benzene rings is 1. The minimum atomic E-state index is -2.84. The molecule has 0 aliphatic carbocycles. The van der Waals surface area contributed by atoms with Crippen LogP contribution in [0.3, 0.4) is 0 Å². The second-order valence-corrected chi connectivity index (χ2v) is 7.37. The van der Waals surface area contributed by atoms with Gasteiger partial charge in [0.15, 0.2) is 9.84 Å². The molecule has 19 heavy (non-hydrogen) atoms. The topological polar surface area (TPSA) is 86.6 Å². The van der Waals surface area contributed by atoms with Crippen LogP contribution in [0.2, 0.25) is 0 Å². The molecule has 6 heteroatoms. The maximum absolute atomic E-state index is 11.4. The third-order valence-electron chi connectivity index (χ3n) is 3.52. The second-order valence-electron chi connectivity index (χ2n) is 5.14. The van der Waals surface area contributed by atoms with Gasteiger partial charge < -0.3 is 15.5 Å².